The molecule has 10 heteroatoms. The largest absolute Gasteiger partial charge is 0.471 e. The molecule has 142 valence electrons. The lowest BCUT2D eigenvalue weighted by molar-refractivity contribution is -0.167. The molecular weight excluding hydrogens is 433 g/mol. The number of alkyl halides is 3. The topological polar surface area (TPSA) is 84.5 Å². The van der Waals surface area contributed by atoms with Gasteiger partial charge in [-0.15, -0.1) is 0 Å². The highest BCUT2D eigenvalue weighted by molar-refractivity contribution is 9.10. The molecule has 0 bridgehead atoms. The van der Waals surface area contributed by atoms with Crippen LogP contribution in [-0.2, 0) is 14.3 Å². The van der Waals surface area contributed by atoms with Gasteiger partial charge in [-0.1, -0.05) is 22.0 Å². The van der Waals surface area contributed by atoms with E-state index in [1.807, 2.05) is 0 Å². The molecule has 2 rings (SSSR count). The molecule has 27 heavy (non-hydrogen) atoms. The lowest BCUT2D eigenvalue weighted by Gasteiger charge is -2.10. The molecule has 0 aliphatic carbocycles. The van der Waals surface area contributed by atoms with E-state index >= 15 is 0 Å². The van der Waals surface area contributed by atoms with E-state index in [9.17, 15) is 27.6 Å². The Hall–Kier alpha value is -2.88. The van der Waals surface area contributed by atoms with Crippen LogP contribution >= 0.6 is 15.9 Å². The highest BCUT2D eigenvalue weighted by atomic mass is 79.9. The summed E-state index contributed by atoms with van der Waals surface area (Å²) in [6.07, 6.45) is -5.05. The summed E-state index contributed by atoms with van der Waals surface area (Å²) in [4.78, 5) is 34.6. The predicted octanol–water partition coefficient (Wildman–Crippen LogP) is 3.75. The van der Waals surface area contributed by atoms with Gasteiger partial charge in [0.2, 0.25) is 0 Å². The van der Waals surface area contributed by atoms with E-state index in [0.717, 1.165) is 10.5 Å². The molecule has 2 N–H and O–H groups in total. The van der Waals surface area contributed by atoms with Gasteiger partial charge >= 0.3 is 18.1 Å². The maximum Gasteiger partial charge on any atom is 0.471 e. The van der Waals surface area contributed by atoms with Gasteiger partial charge in [-0.3, -0.25) is 9.59 Å². The number of benzene rings is 2. The van der Waals surface area contributed by atoms with Crippen LogP contribution < -0.4 is 10.6 Å². The molecule has 0 unspecified atom stereocenters. The summed E-state index contributed by atoms with van der Waals surface area (Å²) in [5.41, 5.74) is 0.147. The monoisotopic (exact) mass is 444 g/mol. The number of carbonyl (C=O) groups excluding carboxylic acids is 3. The number of anilines is 2. The molecule has 2 aromatic rings. The SMILES string of the molecule is O=C(COC(=O)c1cccc(NC(=O)C(F)(F)F)c1)Nc1ccc(Br)cc1. The van der Waals surface area contributed by atoms with Crippen molar-refractivity contribution in [3.05, 3.63) is 58.6 Å². The maximum atomic E-state index is 12.3. The molecule has 2 aromatic carbocycles. The Labute approximate surface area is 159 Å². The van der Waals surface area contributed by atoms with Gasteiger partial charge in [-0.2, -0.15) is 13.2 Å². The summed E-state index contributed by atoms with van der Waals surface area (Å²) in [5, 5.41) is 4.14. The molecule has 0 radical (unpaired) electrons. The number of ether oxygens (including phenoxy) is 1. The molecular formula is C17H12BrF3N2O4. The summed E-state index contributed by atoms with van der Waals surface area (Å²) in [6, 6.07) is 11.4. The van der Waals surface area contributed by atoms with Gasteiger partial charge in [0.25, 0.3) is 5.91 Å². The Kier molecular flexibility index (Phi) is 6.56. The van der Waals surface area contributed by atoms with Crippen molar-refractivity contribution in [3.8, 4) is 0 Å². The minimum absolute atomic E-state index is 0.119. The summed E-state index contributed by atoms with van der Waals surface area (Å²) >= 11 is 3.25. The van der Waals surface area contributed by atoms with E-state index < -0.39 is 30.6 Å². The molecule has 6 nitrogen and oxygen atoms in total. The first-order valence-corrected chi connectivity index (χ1v) is 8.15. The van der Waals surface area contributed by atoms with Crippen LogP contribution in [0.3, 0.4) is 0 Å². The fourth-order valence-electron chi connectivity index (χ4n) is 1.87. The van der Waals surface area contributed by atoms with Crippen LogP contribution in [0.4, 0.5) is 24.5 Å². The van der Waals surface area contributed by atoms with Gasteiger partial charge in [0.15, 0.2) is 6.61 Å². The lowest BCUT2D eigenvalue weighted by atomic mass is 10.2. The van der Waals surface area contributed by atoms with Gasteiger partial charge in [0, 0.05) is 15.8 Å². The number of esters is 1. The number of amides is 2. The Balaban J connectivity index is 1.92. The fraction of sp³-hybridized carbons (Fsp3) is 0.118. The second kappa shape index (κ2) is 8.67. The molecule has 0 saturated carbocycles. The highest BCUT2D eigenvalue weighted by Crippen LogP contribution is 2.19. The summed E-state index contributed by atoms with van der Waals surface area (Å²) in [5.74, 6) is -3.68. The molecule has 0 heterocycles. The van der Waals surface area contributed by atoms with E-state index in [4.69, 9.17) is 4.74 Å². The minimum Gasteiger partial charge on any atom is -0.452 e. The van der Waals surface area contributed by atoms with Gasteiger partial charge < -0.3 is 15.4 Å². The van der Waals surface area contributed by atoms with Crippen molar-refractivity contribution in [2.75, 3.05) is 17.2 Å². The average molecular weight is 445 g/mol. The third-order valence-corrected chi connectivity index (χ3v) is 3.60. The third kappa shape index (κ3) is 6.41. The number of rotatable bonds is 5. The van der Waals surface area contributed by atoms with Crippen molar-refractivity contribution < 1.29 is 32.3 Å². The Bertz CT molecular complexity index is 854. The van der Waals surface area contributed by atoms with Crippen LogP contribution in [-0.4, -0.2) is 30.6 Å². The van der Waals surface area contributed by atoms with Crippen LogP contribution in [0.25, 0.3) is 0 Å². The number of nitrogens with one attached hydrogen (secondary N) is 2. The summed E-state index contributed by atoms with van der Waals surface area (Å²) < 4.78 is 42.4. The Morgan fingerprint density at radius 3 is 2.26 bits per heavy atom. The van der Waals surface area contributed by atoms with E-state index in [-0.39, 0.29) is 11.3 Å². The quantitative estimate of drug-likeness (QED) is 0.687. The third-order valence-electron chi connectivity index (χ3n) is 3.08. The number of hydrogen-bond donors (Lipinski definition) is 2. The standard InChI is InChI=1S/C17H12BrF3N2O4/c18-11-4-6-12(7-5-11)22-14(24)9-27-15(25)10-2-1-3-13(8-10)23-16(26)17(19,20)21/h1-8H,9H2,(H,22,24)(H,23,26). The van der Waals surface area contributed by atoms with Crippen LogP contribution in [0, 0.1) is 0 Å². The van der Waals surface area contributed by atoms with Crippen LogP contribution in [0.2, 0.25) is 0 Å². The molecule has 0 atom stereocenters. The Morgan fingerprint density at radius 1 is 0.963 bits per heavy atom. The average Bonchev–Trinajstić information content (AvgIpc) is 2.61. The van der Waals surface area contributed by atoms with Crippen molar-refractivity contribution in [2.45, 2.75) is 6.18 Å². The zero-order valence-electron chi connectivity index (χ0n) is 13.5. The first-order valence-electron chi connectivity index (χ1n) is 7.36. The van der Waals surface area contributed by atoms with E-state index in [1.165, 1.54) is 18.2 Å². The number of hydrogen-bond acceptors (Lipinski definition) is 4. The Morgan fingerprint density at radius 2 is 1.63 bits per heavy atom. The highest BCUT2D eigenvalue weighted by Gasteiger charge is 2.38. The van der Waals surface area contributed by atoms with E-state index in [0.29, 0.717) is 5.69 Å². The summed E-state index contributed by atoms with van der Waals surface area (Å²) in [6.45, 7) is -0.589. The van der Waals surface area contributed by atoms with Gasteiger partial charge in [-0.05, 0) is 42.5 Å². The maximum absolute atomic E-state index is 12.3. The smallest absolute Gasteiger partial charge is 0.452 e. The molecule has 2 amide bonds. The molecule has 0 aliphatic heterocycles. The number of halogens is 4. The lowest BCUT2D eigenvalue weighted by Crippen LogP contribution is -2.30. The van der Waals surface area contributed by atoms with E-state index in [2.05, 4.69) is 21.2 Å². The van der Waals surface area contributed by atoms with Crippen LogP contribution in [0.1, 0.15) is 10.4 Å². The first-order chi connectivity index (χ1) is 12.6. The zero-order valence-corrected chi connectivity index (χ0v) is 15.1. The summed E-state index contributed by atoms with van der Waals surface area (Å²) in [7, 11) is 0. The molecule has 0 spiro atoms. The normalized spacial score (nSPS) is 10.8. The van der Waals surface area contributed by atoms with Gasteiger partial charge in [0.1, 0.15) is 0 Å². The van der Waals surface area contributed by atoms with Crippen molar-refractivity contribution in [2.24, 2.45) is 0 Å². The molecule has 0 aliphatic rings. The van der Waals surface area contributed by atoms with Gasteiger partial charge in [-0.25, -0.2) is 4.79 Å². The van der Waals surface area contributed by atoms with Gasteiger partial charge in [0.05, 0.1) is 5.56 Å². The second-order valence-electron chi connectivity index (χ2n) is 5.16. The fourth-order valence-corrected chi connectivity index (χ4v) is 2.13. The molecule has 0 saturated heterocycles. The zero-order chi connectivity index (χ0) is 20.0. The van der Waals surface area contributed by atoms with Crippen molar-refractivity contribution in [1.82, 2.24) is 0 Å². The van der Waals surface area contributed by atoms with Crippen molar-refractivity contribution >= 4 is 45.1 Å². The second-order valence-corrected chi connectivity index (χ2v) is 6.08. The van der Waals surface area contributed by atoms with Crippen molar-refractivity contribution in [1.29, 1.82) is 0 Å². The van der Waals surface area contributed by atoms with Crippen LogP contribution in [0.15, 0.2) is 53.0 Å². The molecule has 0 fully saturated rings. The molecule has 0 aromatic heterocycles. The van der Waals surface area contributed by atoms with Crippen LogP contribution in [0.5, 0.6) is 0 Å². The minimum atomic E-state index is -5.05. The van der Waals surface area contributed by atoms with E-state index in [1.54, 1.807) is 29.6 Å². The predicted molar refractivity (Wildman–Crippen MR) is 94.2 cm³/mol. The van der Waals surface area contributed by atoms with Crippen molar-refractivity contribution in [3.63, 3.8) is 0 Å². The number of carbonyl (C=O) groups is 3. The first kappa shape index (κ1) is 20.4.